The van der Waals surface area contributed by atoms with Crippen LogP contribution in [0.15, 0.2) is 0 Å². The second-order valence-electron chi connectivity index (χ2n) is 6.73. The second kappa shape index (κ2) is 5.78. The van der Waals surface area contributed by atoms with Crippen LogP contribution in [0.1, 0.15) is 40.0 Å². The van der Waals surface area contributed by atoms with E-state index in [1.807, 2.05) is 27.8 Å². The van der Waals surface area contributed by atoms with Crippen molar-refractivity contribution in [1.82, 2.24) is 9.62 Å². The molecule has 1 fully saturated rings. The van der Waals surface area contributed by atoms with Gasteiger partial charge in [0, 0.05) is 13.1 Å². The first-order chi connectivity index (χ1) is 8.58. The molecule has 0 radical (unpaired) electrons. The van der Waals surface area contributed by atoms with Gasteiger partial charge in [0.1, 0.15) is 5.54 Å². The fourth-order valence-electron chi connectivity index (χ4n) is 2.03. The lowest BCUT2D eigenvalue weighted by atomic mass is 9.91. The lowest BCUT2D eigenvalue weighted by Gasteiger charge is -2.35. The minimum Gasteiger partial charge on any atom is -0.306 e. The monoisotopic (exact) mass is 287 g/mol. The number of sulfonamides is 1. The van der Waals surface area contributed by atoms with Crippen molar-refractivity contribution in [1.29, 1.82) is 5.26 Å². The summed E-state index contributed by atoms with van der Waals surface area (Å²) < 4.78 is 26.9. The molecule has 110 valence electrons. The molecule has 1 N–H and O–H groups in total. The van der Waals surface area contributed by atoms with Gasteiger partial charge in [-0.1, -0.05) is 20.8 Å². The van der Waals surface area contributed by atoms with Crippen LogP contribution in [0.5, 0.6) is 0 Å². The minimum atomic E-state index is -3.39. The van der Waals surface area contributed by atoms with Gasteiger partial charge in [0.15, 0.2) is 0 Å². The van der Waals surface area contributed by atoms with E-state index >= 15 is 0 Å². The number of hydrogen-bond acceptors (Lipinski definition) is 4. The van der Waals surface area contributed by atoms with Crippen LogP contribution in [-0.2, 0) is 10.0 Å². The third-order valence-corrected chi connectivity index (χ3v) is 4.97. The number of hydrogen-bond donors (Lipinski definition) is 1. The van der Waals surface area contributed by atoms with Crippen molar-refractivity contribution in [3.05, 3.63) is 0 Å². The van der Waals surface area contributed by atoms with Crippen molar-refractivity contribution in [2.75, 3.05) is 25.9 Å². The molecule has 6 heteroatoms. The molecule has 1 aliphatic heterocycles. The lowest BCUT2D eigenvalue weighted by Crippen LogP contribution is -2.54. The van der Waals surface area contributed by atoms with E-state index in [0.717, 1.165) is 13.1 Å². The fourth-order valence-corrected chi connectivity index (χ4v) is 3.85. The van der Waals surface area contributed by atoms with E-state index in [1.54, 1.807) is 0 Å². The molecule has 0 bridgehead atoms. The summed E-state index contributed by atoms with van der Waals surface area (Å²) in [6, 6.07) is 2.17. The quantitative estimate of drug-likeness (QED) is 0.846. The van der Waals surface area contributed by atoms with E-state index in [-0.39, 0.29) is 11.2 Å². The van der Waals surface area contributed by atoms with Crippen molar-refractivity contribution < 1.29 is 8.42 Å². The summed E-state index contributed by atoms with van der Waals surface area (Å²) in [6.07, 6.45) is 1.69. The molecule has 1 rings (SSSR count). The average molecular weight is 287 g/mol. The van der Waals surface area contributed by atoms with Crippen molar-refractivity contribution in [2.24, 2.45) is 5.41 Å². The summed E-state index contributed by atoms with van der Waals surface area (Å²) in [7, 11) is -1.41. The van der Waals surface area contributed by atoms with Crippen molar-refractivity contribution in [2.45, 2.75) is 45.6 Å². The van der Waals surface area contributed by atoms with E-state index in [2.05, 4.69) is 15.7 Å². The number of rotatable bonds is 4. The Bertz CT molecular complexity index is 437. The van der Waals surface area contributed by atoms with Gasteiger partial charge in [-0.3, -0.25) is 0 Å². The normalized spacial score (nSPS) is 21.0. The molecule has 0 aromatic rings. The molecule has 0 unspecified atom stereocenters. The van der Waals surface area contributed by atoms with Crippen LogP contribution < -0.4 is 4.72 Å². The summed E-state index contributed by atoms with van der Waals surface area (Å²) in [5.74, 6) is 0.0791. The molecular weight excluding hydrogens is 262 g/mol. The Balaban J connectivity index is 2.68. The standard InChI is InChI=1S/C13H25N3O2S/c1-12(2,3)7-10-19(17,18)15-13(11-14)5-8-16(4)9-6-13/h15H,5-10H2,1-4H3. The maximum Gasteiger partial charge on any atom is 0.212 e. The fraction of sp³-hybridized carbons (Fsp3) is 0.923. The van der Waals surface area contributed by atoms with Crippen LogP contribution in [0, 0.1) is 16.7 Å². The molecule has 0 aliphatic carbocycles. The van der Waals surface area contributed by atoms with Gasteiger partial charge in [0.25, 0.3) is 0 Å². The first-order valence-corrected chi connectivity index (χ1v) is 8.34. The first-order valence-electron chi connectivity index (χ1n) is 6.69. The molecule has 5 nitrogen and oxygen atoms in total. The Labute approximate surface area is 117 Å². The van der Waals surface area contributed by atoms with E-state index < -0.39 is 15.6 Å². The zero-order valence-corrected chi connectivity index (χ0v) is 13.2. The Morgan fingerprint density at radius 1 is 1.32 bits per heavy atom. The molecule has 19 heavy (non-hydrogen) atoms. The Hall–Kier alpha value is -0.640. The molecule has 0 atom stereocenters. The maximum absolute atomic E-state index is 12.1. The van der Waals surface area contributed by atoms with Crippen molar-refractivity contribution in [3.8, 4) is 6.07 Å². The summed E-state index contributed by atoms with van der Waals surface area (Å²) >= 11 is 0. The molecule has 1 heterocycles. The zero-order valence-electron chi connectivity index (χ0n) is 12.4. The van der Waals surface area contributed by atoms with Crippen molar-refractivity contribution >= 4 is 10.0 Å². The highest BCUT2D eigenvalue weighted by Crippen LogP contribution is 2.24. The molecule has 1 aliphatic rings. The third kappa shape index (κ3) is 5.47. The van der Waals surface area contributed by atoms with Crippen LogP contribution in [0.2, 0.25) is 0 Å². The van der Waals surface area contributed by atoms with Gasteiger partial charge < -0.3 is 4.90 Å². The average Bonchev–Trinajstić information content (AvgIpc) is 2.29. The van der Waals surface area contributed by atoms with E-state index in [4.69, 9.17) is 0 Å². The Morgan fingerprint density at radius 2 is 1.84 bits per heavy atom. The SMILES string of the molecule is CN1CCC(C#N)(NS(=O)(=O)CCC(C)(C)C)CC1. The predicted molar refractivity (Wildman–Crippen MR) is 76.1 cm³/mol. The number of likely N-dealkylation sites (tertiary alicyclic amines) is 1. The van der Waals surface area contributed by atoms with Gasteiger partial charge in [-0.15, -0.1) is 0 Å². The first kappa shape index (κ1) is 16.4. The predicted octanol–water partition coefficient (Wildman–Crippen LogP) is 1.33. The summed E-state index contributed by atoms with van der Waals surface area (Å²) in [4.78, 5) is 2.11. The maximum atomic E-state index is 12.1. The highest BCUT2D eigenvalue weighted by molar-refractivity contribution is 7.89. The van der Waals surface area contributed by atoms with Gasteiger partial charge in [-0.05, 0) is 31.7 Å². The molecule has 0 saturated carbocycles. The summed E-state index contributed by atoms with van der Waals surface area (Å²) in [6.45, 7) is 7.53. The van der Waals surface area contributed by atoms with E-state index in [9.17, 15) is 13.7 Å². The Kier molecular flexibility index (Phi) is 4.99. The van der Waals surface area contributed by atoms with Crippen LogP contribution in [0.25, 0.3) is 0 Å². The Morgan fingerprint density at radius 3 is 2.26 bits per heavy atom. The molecule has 0 spiro atoms. The summed E-state index contributed by atoms with van der Waals surface area (Å²) in [5, 5.41) is 9.32. The zero-order chi connectivity index (χ0) is 14.7. The van der Waals surface area contributed by atoms with Gasteiger partial charge in [-0.2, -0.15) is 9.98 Å². The number of nitriles is 1. The number of nitrogens with one attached hydrogen (secondary N) is 1. The van der Waals surface area contributed by atoms with Crippen molar-refractivity contribution in [3.63, 3.8) is 0 Å². The highest BCUT2D eigenvalue weighted by atomic mass is 32.2. The number of nitrogens with zero attached hydrogens (tertiary/aromatic N) is 2. The topological polar surface area (TPSA) is 73.2 Å². The van der Waals surface area contributed by atoms with E-state index in [1.165, 1.54) is 0 Å². The smallest absolute Gasteiger partial charge is 0.212 e. The molecular formula is C13H25N3O2S. The highest BCUT2D eigenvalue weighted by Gasteiger charge is 2.37. The third-order valence-electron chi connectivity index (χ3n) is 3.53. The van der Waals surface area contributed by atoms with Gasteiger partial charge in [0.2, 0.25) is 10.0 Å². The van der Waals surface area contributed by atoms with E-state index in [0.29, 0.717) is 19.3 Å². The molecule has 0 amide bonds. The number of piperidine rings is 1. The second-order valence-corrected chi connectivity index (χ2v) is 8.57. The van der Waals surface area contributed by atoms with Gasteiger partial charge in [-0.25, -0.2) is 8.42 Å². The van der Waals surface area contributed by atoms with Crippen LogP contribution in [0.4, 0.5) is 0 Å². The van der Waals surface area contributed by atoms with Crippen LogP contribution >= 0.6 is 0 Å². The van der Waals surface area contributed by atoms with Crippen LogP contribution in [0.3, 0.4) is 0 Å². The minimum absolute atomic E-state index is 0.0264. The largest absolute Gasteiger partial charge is 0.306 e. The lowest BCUT2D eigenvalue weighted by molar-refractivity contribution is 0.213. The summed E-state index contributed by atoms with van der Waals surface area (Å²) in [5.41, 5.74) is -0.940. The molecule has 0 aromatic carbocycles. The van der Waals surface area contributed by atoms with Crippen LogP contribution in [-0.4, -0.2) is 44.7 Å². The molecule has 0 aromatic heterocycles. The molecule has 1 saturated heterocycles. The van der Waals surface area contributed by atoms with Gasteiger partial charge in [0.05, 0.1) is 11.8 Å². The van der Waals surface area contributed by atoms with Gasteiger partial charge >= 0.3 is 0 Å².